The standard InChI is InChI=1S/C23H22F6N2/c24-22(25,26)15-4-5-16(19(11-15)23(27,28)29)14-9-13-3-1-2-8-31-20-6-7-30-12-18(20)17(10-14)21(13)31/h4-5,9-11,18,20,30H,1-3,6-8,12H2/t18-,20-/m0/s1. The second-order valence-corrected chi connectivity index (χ2v) is 8.65. The van der Waals surface area contributed by atoms with E-state index in [-0.39, 0.29) is 17.5 Å². The van der Waals surface area contributed by atoms with Gasteiger partial charge in [0.15, 0.2) is 0 Å². The quantitative estimate of drug-likeness (QED) is 0.548. The number of benzene rings is 2. The van der Waals surface area contributed by atoms with Gasteiger partial charge >= 0.3 is 12.4 Å². The van der Waals surface area contributed by atoms with Gasteiger partial charge in [-0.1, -0.05) is 6.07 Å². The number of nitrogens with one attached hydrogen (secondary N) is 1. The maximum absolute atomic E-state index is 13.8. The lowest BCUT2D eigenvalue weighted by molar-refractivity contribution is -0.142. The van der Waals surface area contributed by atoms with Crippen molar-refractivity contribution in [3.8, 4) is 11.1 Å². The molecule has 1 saturated heterocycles. The Bertz CT molecular complexity index is 1010. The maximum atomic E-state index is 13.8. The lowest BCUT2D eigenvalue weighted by Crippen LogP contribution is -2.44. The van der Waals surface area contributed by atoms with E-state index in [1.807, 2.05) is 0 Å². The SMILES string of the molecule is FC(F)(F)c1ccc(-c2cc3c4c(c2)[C@@H]2CNCC[C@@H]2N4CCCC3)c(C(F)(F)F)c1. The van der Waals surface area contributed by atoms with Gasteiger partial charge in [0, 0.05) is 30.7 Å². The molecule has 0 amide bonds. The van der Waals surface area contributed by atoms with Crippen molar-refractivity contribution in [1.29, 1.82) is 0 Å². The van der Waals surface area contributed by atoms with Crippen LogP contribution in [-0.2, 0) is 18.8 Å². The average molecular weight is 440 g/mol. The zero-order chi connectivity index (χ0) is 22.0. The van der Waals surface area contributed by atoms with Gasteiger partial charge in [-0.05, 0) is 78.7 Å². The van der Waals surface area contributed by atoms with Crippen LogP contribution in [0.1, 0.15) is 47.4 Å². The van der Waals surface area contributed by atoms with E-state index in [2.05, 4.69) is 10.2 Å². The van der Waals surface area contributed by atoms with Crippen LogP contribution in [0.25, 0.3) is 11.1 Å². The Hall–Kier alpha value is -2.22. The van der Waals surface area contributed by atoms with Crippen LogP contribution >= 0.6 is 0 Å². The zero-order valence-electron chi connectivity index (χ0n) is 16.7. The molecule has 0 unspecified atom stereocenters. The summed E-state index contributed by atoms with van der Waals surface area (Å²) in [6.45, 7) is 2.61. The lowest BCUT2D eigenvalue weighted by Gasteiger charge is -2.33. The van der Waals surface area contributed by atoms with Gasteiger partial charge in [0.2, 0.25) is 0 Å². The molecule has 0 saturated carbocycles. The number of rotatable bonds is 1. The highest BCUT2D eigenvalue weighted by molar-refractivity contribution is 5.78. The fraction of sp³-hybridized carbons (Fsp3) is 0.478. The summed E-state index contributed by atoms with van der Waals surface area (Å²) in [4.78, 5) is 2.42. The highest BCUT2D eigenvalue weighted by Gasteiger charge is 2.43. The van der Waals surface area contributed by atoms with Crippen LogP contribution in [0.15, 0.2) is 30.3 Å². The third-order valence-electron chi connectivity index (χ3n) is 6.81. The molecule has 2 atom stereocenters. The van der Waals surface area contributed by atoms with Crippen LogP contribution in [0, 0.1) is 0 Å². The summed E-state index contributed by atoms with van der Waals surface area (Å²) in [6.07, 6.45) is -6.01. The summed E-state index contributed by atoms with van der Waals surface area (Å²) in [6, 6.07) is 5.83. The molecule has 0 aliphatic carbocycles. The summed E-state index contributed by atoms with van der Waals surface area (Å²) >= 11 is 0. The Morgan fingerprint density at radius 2 is 1.74 bits per heavy atom. The molecule has 3 heterocycles. The molecule has 31 heavy (non-hydrogen) atoms. The molecular weight excluding hydrogens is 418 g/mol. The summed E-state index contributed by atoms with van der Waals surface area (Å²) in [5.41, 5.74) is 0.805. The molecule has 3 aliphatic heterocycles. The Morgan fingerprint density at radius 1 is 0.935 bits per heavy atom. The monoisotopic (exact) mass is 440 g/mol. The van der Waals surface area contributed by atoms with Gasteiger partial charge in [0.25, 0.3) is 0 Å². The van der Waals surface area contributed by atoms with Crippen molar-refractivity contribution in [2.24, 2.45) is 0 Å². The number of halogens is 6. The van der Waals surface area contributed by atoms with E-state index in [9.17, 15) is 26.3 Å². The second-order valence-electron chi connectivity index (χ2n) is 8.65. The van der Waals surface area contributed by atoms with E-state index in [1.165, 1.54) is 0 Å². The molecule has 1 fully saturated rings. The highest BCUT2D eigenvalue weighted by atomic mass is 19.4. The van der Waals surface area contributed by atoms with Crippen LogP contribution < -0.4 is 10.2 Å². The molecule has 166 valence electrons. The number of aryl methyl sites for hydroxylation is 1. The van der Waals surface area contributed by atoms with Crippen LogP contribution in [0.3, 0.4) is 0 Å². The van der Waals surface area contributed by atoms with E-state index >= 15 is 0 Å². The topological polar surface area (TPSA) is 15.3 Å². The lowest BCUT2D eigenvalue weighted by atomic mass is 9.86. The van der Waals surface area contributed by atoms with Gasteiger partial charge in [-0.3, -0.25) is 0 Å². The van der Waals surface area contributed by atoms with E-state index in [0.29, 0.717) is 11.6 Å². The Labute approximate surface area is 176 Å². The fourth-order valence-electron chi connectivity index (χ4n) is 5.48. The van der Waals surface area contributed by atoms with Crippen molar-refractivity contribution in [2.75, 3.05) is 24.5 Å². The van der Waals surface area contributed by atoms with Crippen LogP contribution in [0.2, 0.25) is 0 Å². The molecule has 5 rings (SSSR count). The van der Waals surface area contributed by atoms with E-state index in [1.54, 1.807) is 12.1 Å². The third kappa shape index (κ3) is 3.49. The van der Waals surface area contributed by atoms with Crippen molar-refractivity contribution in [3.63, 3.8) is 0 Å². The zero-order valence-corrected chi connectivity index (χ0v) is 16.7. The van der Waals surface area contributed by atoms with Gasteiger partial charge in [0.1, 0.15) is 0 Å². The molecule has 8 heteroatoms. The summed E-state index contributed by atoms with van der Waals surface area (Å²) < 4.78 is 80.6. The van der Waals surface area contributed by atoms with Gasteiger partial charge in [0.05, 0.1) is 11.1 Å². The molecule has 0 aromatic heterocycles. The first-order valence-corrected chi connectivity index (χ1v) is 10.6. The predicted molar refractivity (Wildman–Crippen MR) is 106 cm³/mol. The van der Waals surface area contributed by atoms with Crippen molar-refractivity contribution in [1.82, 2.24) is 5.32 Å². The van der Waals surface area contributed by atoms with Gasteiger partial charge in [-0.2, -0.15) is 26.3 Å². The Morgan fingerprint density at radius 3 is 2.48 bits per heavy atom. The molecule has 2 nitrogen and oxygen atoms in total. The first-order chi connectivity index (χ1) is 14.6. The largest absolute Gasteiger partial charge is 0.417 e. The summed E-state index contributed by atoms with van der Waals surface area (Å²) in [5.74, 6) is 0.185. The maximum Gasteiger partial charge on any atom is 0.417 e. The highest BCUT2D eigenvalue weighted by Crippen LogP contribution is 2.50. The number of anilines is 1. The van der Waals surface area contributed by atoms with E-state index < -0.39 is 23.5 Å². The average Bonchev–Trinajstić information content (AvgIpc) is 2.87. The second kappa shape index (κ2) is 7.15. The Balaban J connectivity index is 1.69. The molecular formula is C23H22F6N2. The third-order valence-corrected chi connectivity index (χ3v) is 6.81. The van der Waals surface area contributed by atoms with Crippen molar-refractivity contribution in [2.45, 2.75) is 50.0 Å². The number of hydrogen-bond donors (Lipinski definition) is 1. The molecule has 2 aromatic rings. The number of hydrogen-bond acceptors (Lipinski definition) is 2. The predicted octanol–water partition coefficient (Wildman–Crippen LogP) is 5.99. The molecule has 0 radical (unpaired) electrons. The normalized spacial score (nSPS) is 23.4. The Kier molecular flexibility index (Phi) is 4.77. The van der Waals surface area contributed by atoms with Gasteiger partial charge < -0.3 is 10.2 Å². The smallest absolute Gasteiger partial charge is 0.367 e. The van der Waals surface area contributed by atoms with Crippen molar-refractivity contribution < 1.29 is 26.3 Å². The van der Waals surface area contributed by atoms with Crippen LogP contribution in [0.5, 0.6) is 0 Å². The van der Waals surface area contributed by atoms with Crippen molar-refractivity contribution in [3.05, 3.63) is 52.6 Å². The summed E-state index contributed by atoms with van der Waals surface area (Å²) in [7, 11) is 0. The minimum atomic E-state index is -4.88. The first-order valence-electron chi connectivity index (χ1n) is 10.6. The van der Waals surface area contributed by atoms with E-state index in [0.717, 1.165) is 74.3 Å². The fourth-order valence-corrected chi connectivity index (χ4v) is 5.48. The molecule has 1 N–H and O–H groups in total. The van der Waals surface area contributed by atoms with Crippen molar-refractivity contribution >= 4 is 5.69 Å². The number of fused-ring (bicyclic) bond motifs is 3. The minimum absolute atomic E-state index is 0.185. The molecule has 2 aromatic carbocycles. The van der Waals surface area contributed by atoms with E-state index in [4.69, 9.17) is 0 Å². The first kappa shape index (κ1) is 20.7. The number of nitrogens with zero attached hydrogens (tertiary/aromatic N) is 1. The summed E-state index contributed by atoms with van der Waals surface area (Å²) in [5, 5.41) is 3.38. The number of piperidine rings is 1. The number of alkyl halides is 6. The van der Waals surface area contributed by atoms with Gasteiger partial charge in [-0.25, -0.2) is 0 Å². The van der Waals surface area contributed by atoms with Gasteiger partial charge in [-0.15, -0.1) is 0 Å². The van der Waals surface area contributed by atoms with Crippen LogP contribution in [-0.4, -0.2) is 25.7 Å². The molecule has 0 bridgehead atoms. The minimum Gasteiger partial charge on any atom is -0.367 e. The van der Waals surface area contributed by atoms with Crippen LogP contribution in [0.4, 0.5) is 32.0 Å². The molecule has 3 aliphatic rings. The molecule has 0 spiro atoms.